The van der Waals surface area contributed by atoms with Gasteiger partial charge in [-0.05, 0) is 33.6 Å². The normalized spacial score (nSPS) is 13.9. The van der Waals surface area contributed by atoms with E-state index >= 15 is 0 Å². The molecule has 0 aromatic rings. The average molecular weight is 213 g/mol. The van der Waals surface area contributed by atoms with Gasteiger partial charge in [-0.2, -0.15) is 0 Å². The van der Waals surface area contributed by atoms with Crippen molar-refractivity contribution in [1.82, 2.24) is 5.32 Å². The lowest BCUT2D eigenvalue weighted by Gasteiger charge is -2.25. The molecule has 0 aliphatic heterocycles. The van der Waals surface area contributed by atoms with Gasteiger partial charge in [0, 0.05) is 12.1 Å². The van der Waals surface area contributed by atoms with E-state index in [2.05, 4.69) is 39.6 Å². The molecule has 1 atom stereocenters. The van der Waals surface area contributed by atoms with E-state index in [0.717, 1.165) is 26.0 Å². The highest BCUT2D eigenvalue weighted by Crippen LogP contribution is 2.05. The Bertz CT molecular complexity index is 160. The van der Waals surface area contributed by atoms with Crippen molar-refractivity contribution in [3.63, 3.8) is 0 Å². The first-order valence-corrected chi connectivity index (χ1v) is 5.97. The van der Waals surface area contributed by atoms with Gasteiger partial charge in [-0.25, -0.2) is 0 Å². The van der Waals surface area contributed by atoms with Crippen molar-refractivity contribution in [2.24, 2.45) is 0 Å². The van der Waals surface area contributed by atoms with Crippen molar-refractivity contribution < 1.29 is 4.74 Å². The van der Waals surface area contributed by atoms with Crippen LogP contribution < -0.4 is 5.32 Å². The van der Waals surface area contributed by atoms with Gasteiger partial charge in [-0.1, -0.05) is 19.4 Å². The molecule has 2 heteroatoms. The maximum absolute atomic E-state index is 5.78. The largest absolute Gasteiger partial charge is 0.377 e. The molecule has 0 aromatic carbocycles. The van der Waals surface area contributed by atoms with Crippen LogP contribution in [0.15, 0.2) is 12.7 Å². The Balaban J connectivity index is 3.77. The van der Waals surface area contributed by atoms with E-state index in [-0.39, 0.29) is 5.54 Å². The van der Waals surface area contributed by atoms with E-state index in [9.17, 15) is 0 Å². The monoisotopic (exact) mass is 213 g/mol. The minimum absolute atomic E-state index is 0.174. The van der Waals surface area contributed by atoms with Crippen molar-refractivity contribution in [1.29, 1.82) is 0 Å². The molecule has 0 spiro atoms. The minimum atomic E-state index is 0.174. The van der Waals surface area contributed by atoms with E-state index in [1.54, 1.807) is 0 Å². The number of nitrogens with one attached hydrogen (secondary N) is 1. The maximum Gasteiger partial charge on any atom is 0.0699 e. The number of ether oxygens (including phenoxy) is 1. The van der Waals surface area contributed by atoms with Gasteiger partial charge >= 0.3 is 0 Å². The summed E-state index contributed by atoms with van der Waals surface area (Å²) in [5.41, 5.74) is 0.174. The summed E-state index contributed by atoms with van der Waals surface area (Å²) < 4.78 is 5.78. The second-order valence-electron chi connectivity index (χ2n) is 4.99. The van der Waals surface area contributed by atoms with Gasteiger partial charge in [-0.15, -0.1) is 6.58 Å². The predicted octanol–water partition coefficient (Wildman–Crippen LogP) is 3.14. The smallest absolute Gasteiger partial charge is 0.0699 e. The molecule has 0 amide bonds. The van der Waals surface area contributed by atoms with Crippen molar-refractivity contribution in [3.05, 3.63) is 12.7 Å². The zero-order valence-electron chi connectivity index (χ0n) is 10.8. The minimum Gasteiger partial charge on any atom is -0.377 e. The fourth-order valence-electron chi connectivity index (χ4n) is 1.30. The van der Waals surface area contributed by atoms with E-state index in [1.165, 1.54) is 6.42 Å². The summed E-state index contributed by atoms with van der Waals surface area (Å²) in [6.07, 6.45) is 5.48. The molecule has 1 unspecified atom stereocenters. The summed E-state index contributed by atoms with van der Waals surface area (Å²) >= 11 is 0. The zero-order chi connectivity index (χ0) is 11.7. The standard InChI is InChI=1S/C13H27NO/c1-6-8-10-15-12(9-7-2)11-14-13(3,4)5/h6,12,14H,1,7-11H2,2-5H3. The Morgan fingerprint density at radius 1 is 1.40 bits per heavy atom. The molecule has 0 saturated carbocycles. The molecule has 1 N–H and O–H groups in total. The molecule has 0 saturated heterocycles. The fourth-order valence-corrected chi connectivity index (χ4v) is 1.30. The van der Waals surface area contributed by atoms with E-state index in [1.807, 2.05) is 6.08 Å². The molecular weight excluding hydrogens is 186 g/mol. The molecule has 0 bridgehead atoms. The third-order valence-electron chi connectivity index (χ3n) is 2.15. The highest BCUT2D eigenvalue weighted by Gasteiger charge is 2.13. The molecule has 0 aliphatic rings. The number of hydrogen-bond donors (Lipinski definition) is 1. The van der Waals surface area contributed by atoms with Crippen LogP contribution in [0.5, 0.6) is 0 Å². The second kappa shape index (κ2) is 7.89. The molecule has 0 aromatic heterocycles. The number of rotatable bonds is 8. The van der Waals surface area contributed by atoms with Gasteiger partial charge in [-0.3, -0.25) is 0 Å². The van der Waals surface area contributed by atoms with Crippen molar-refractivity contribution >= 4 is 0 Å². The first-order chi connectivity index (χ1) is 6.99. The van der Waals surface area contributed by atoms with Gasteiger partial charge < -0.3 is 10.1 Å². The molecule has 0 fully saturated rings. The topological polar surface area (TPSA) is 21.3 Å². The first kappa shape index (κ1) is 14.7. The van der Waals surface area contributed by atoms with Crippen LogP contribution in [0.3, 0.4) is 0 Å². The molecule has 0 rings (SSSR count). The third kappa shape index (κ3) is 9.95. The zero-order valence-corrected chi connectivity index (χ0v) is 10.8. The molecule has 0 radical (unpaired) electrons. The highest BCUT2D eigenvalue weighted by molar-refractivity contribution is 4.74. The quantitative estimate of drug-likeness (QED) is 0.494. The lowest BCUT2D eigenvalue weighted by atomic mass is 10.1. The van der Waals surface area contributed by atoms with Gasteiger partial charge in [0.1, 0.15) is 0 Å². The summed E-state index contributed by atoms with van der Waals surface area (Å²) in [6, 6.07) is 0. The molecule has 0 heterocycles. The fraction of sp³-hybridized carbons (Fsp3) is 0.846. The van der Waals surface area contributed by atoms with Crippen LogP contribution in [0.25, 0.3) is 0 Å². The summed E-state index contributed by atoms with van der Waals surface area (Å²) in [6.45, 7) is 14.2. The van der Waals surface area contributed by atoms with Crippen molar-refractivity contribution in [3.8, 4) is 0 Å². The van der Waals surface area contributed by atoms with Crippen LogP contribution in [-0.4, -0.2) is 24.8 Å². The summed E-state index contributed by atoms with van der Waals surface area (Å²) in [5, 5.41) is 3.48. The Morgan fingerprint density at radius 3 is 2.53 bits per heavy atom. The SMILES string of the molecule is C=CCCOC(CCC)CNC(C)(C)C. The molecule has 90 valence electrons. The van der Waals surface area contributed by atoms with Crippen LogP contribution in [0.2, 0.25) is 0 Å². The van der Waals surface area contributed by atoms with E-state index in [0.29, 0.717) is 6.10 Å². The predicted molar refractivity (Wildman–Crippen MR) is 67.2 cm³/mol. The van der Waals surface area contributed by atoms with Crippen molar-refractivity contribution in [2.75, 3.05) is 13.2 Å². The maximum atomic E-state index is 5.78. The van der Waals surface area contributed by atoms with E-state index < -0.39 is 0 Å². The van der Waals surface area contributed by atoms with E-state index in [4.69, 9.17) is 4.74 Å². The summed E-state index contributed by atoms with van der Waals surface area (Å²) in [5.74, 6) is 0. The Hall–Kier alpha value is -0.340. The van der Waals surface area contributed by atoms with Crippen LogP contribution in [-0.2, 0) is 4.74 Å². The van der Waals surface area contributed by atoms with Crippen molar-refractivity contribution in [2.45, 2.75) is 58.6 Å². The third-order valence-corrected chi connectivity index (χ3v) is 2.15. The summed E-state index contributed by atoms with van der Waals surface area (Å²) in [7, 11) is 0. The van der Waals surface area contributed by atoms with Crippen LogP contribution in [0.4, 0.5) is 0 Å². The highest BCUT2D eigenvalue weighted by atomic mass is 16.5. The number of hydrogen-bond acceptors (Lipinski definition) is 2. The van der Waals surface area contributed by atoms with Gasteiger partial charge in [0.05, 0.1) is 12.7 Å². The van der Waals surface area contributed by atoms with Gasteiger partial charge in [0.2, 0.25) is 0 Å². The first-order valence-electron chi connectivity index (χ1n) is 5.97. The van der Waals surface area contributed by atoms with Crippen LogP contribution in [0, 0.1) is 0 Å². The lowest BCUT2D eigenvalue weighted by molar-refractivity contribution is 0.0459. The Labute approximate surface area is 95.1 Å². The Kier molecular flexibility index (Phi) is 7.71. The second-order valence-corrected chi connectivity index (χ2v) is 4.99. The summed E-state index contributed by atoms with van der Waals surface area (Å²) in [4.78, 5) is 0. The molecule has 2 nitrogen and oxygen atoms in total. The molecule has 15 heavy (non-hydrogen) atoms. The Morgan fingerprint density at radius 2 is 2.07 bits per heavy atom. The molecule has 0 aliphatic carbocycles. The van der Waals surface area contributed by atoms with Gasteiger partial charge in [0.25, 0.3) is 0 Å². The lowest BCUT2D eigenvalue weighted by Crippen LogP contribution is -2.41. The average Bonchev–Trinajstić information content (AvgIpc) is 2.13. The van der Waals surface area contributed by atoms with Crippen LogP contribution >= 0.6 is 0 Å². The van der Waals surface area contributed by atoms with Crippen LogP contribution in [0.1, 0.15) is 47.0 Å². The molecular formula is C13H27NO. The van der Waals surface area contributed by atoms with Gasteiger partial charge in [0.15, 0.2) is 0 Å².